The topological polar surface area (TPSA) is 71.6 Å². The molecule has 0 spiro atoms. The SMILES string of the molecule is COCCN(CCC(=O)OC)C(=O)c1ccc2[nH]c(C)c(C)c2c1. The largest absolute Gasteiger partial charge is 0.469 e. The third kappa shape index (κ3) is 3.94. The van der Waals surface area contributed by atoms with Gasteiger partial charge in [-0.3, -0.25) is 9.59 Å². The molecule has 0 fully saturated rings. The Balaban J connectivity index is 2.23. The molecule has 2 rings (SSSR count). The molecule has 6 heteroatoms. The number of esters is 1. The Labute approximate surface area is 141 Å². The zero-order chi connectivity index (χ0) is 17.7. The molecule has 6 nitrogen and oxygen atoms in total. The van der Waals surface area contributed by atoms with Crippen LogP contribution < -0.4 is 0 Å². The Kier molecular flexibility index (Phi) is 5.98. The summed E-state index contributed by atoms with van der Waals surface area (Å²) in [5.41, 5.74) is 3.85. The number of methoxy groups -OCH3 is 2. The summed E-state index contributed by atoms with van der Waals surface area (Å²) >= 11 is 0. The maximum atomic E-state index is 12.8. The van der Waals surface area contributed by atoms with Gasteiger partial charge < -0.3 is 19.4 Å². The third-order valence-corrected chi connectivity index (χ3v) is 4.22. The fourth-order valence-electron chi connectivity index (χ4n) is 2.62. The highest BCUT2D eigenvalue weighted by Gasteiger charge is 2.18. The molecule has 0 bridgehead atoms. The van der Waals surface area contributed by atoms with Crippen LogP contribution in [-0.2, 0) is 14.3 Å². The van der Waals surface area contributed by atoms with E-state index in [0.717, 1.165) is 22.2 Å². The average Bonchev–Trinajstić information content (AvgIpc) is 2.88. The van der Waals surface area contributed by atoms with E-state index in [1.54, 1.807) is 18.1 Å². The molecule has 1 aromatic heterocycles. The lowest BCUT2D eigenvalue weighted by Gasteiger charge is -2.22. The number of nitrogens with zero attached hydrogens (tertiary/aromatic N) is 1. The van der Waals surface area contributed by atoms with Crippen molar-refractivity contribution in [3.05, 3.63) is 35.0 Å². The van der Waals surface area contributed by atoms with Crippen molar-refractivity contribution in [1.29, 1.82) is 0 Å². The Morgan fingerprint density at radius 2 is 1.92 bits per heavy atom. The molecule has 1 heterocycles. The first-order valence-electron chi connectivity index (χ1n) is 7.92. The number of carbonyl (C=O) groups is 2. The number of benzene rings is 1. The number of aromatic amines is 1. The van der Waals surface area contributed by atoms with Gasteiger partial charge in [0.2, 0.25) is 0 Å². The standard InChI is InChI=1S/C18H24N2O4/c1-12-13(2)19-16-6-5-14(11-15(12)16)18(22)20(9-10-23-3)8-7-17(21)24-4/h5-6,11,19H,7-10H2,1-4H3. The number of ether oxygens (including phenoxy) is 2. The lowest BCUT2D eigenvalue weighted by molar-refractivity contribution is -0.140. The lowest BCUT2D eigenvalue weighted by atomic mass is 10.1. The number of aryl methyl sites for hydroxylation is 2. The Bertz CT molecular complexity index is 736. The highest BCUT2D eigenvalue weighted by atomic mass is 16.5. The molecule has 1 N–H and O–H groups in total. The van der Waals surface area contributed by atoms with Crippen LogP contribution in [0, 0.1) is 13.8 Å². The predicted octanol–water partition coefficient (Wildman–Crippen LogP) is 2.44. The fraction of sp³-hybridized carbons (Fsp3) is 0.444. The number of H-pyrrole nitrogens is 1. The lowest BCUT2D eigenvalue weighted by Crippen LogP contribution is -2.35. The van der Waals surface area contributed by atoms with Gasteiger partial charge in [-0.2, -0.15) is 0 Å². The molecule has 0 atom stereocenters. The van der Waals surface area contributed by atoms with Crippen LogP contribution in [0.1, 0.15) is 28.0 Å². The quantitative estimate of drug-likeness (QED) is 0.791. The number of nitrogens with one attached hydrogen (secondary N) is 1. The maximum absolute atomic E-state index is 12.8. The van der Waals surface area contributed by atoms with Gasteiger partial charge in [-0.25, -0.2) is 0 Å². The van der Waals surface area contributed by atoms with E-state index >= 15 is 0 Å². The first-order valence-corrected chi connectivity index (χ1v) is 7.92. The summed E-state index contributed by atoms with van der Waals surface area (Å²) in [5.74, 6) is -0.450. The molecule has 1 aromatic carbocycles. The summed E-state index contributed by atoms with van der Waals surface area (Å²) in [5, 5.41) is 1.04. The number of hydrogen-bond acceptors (Lipinski definition) is 4. The highest BCUT2D eigenvalue weighted by molar-refractivity contribution is 5.99. The molecule has 2 aromatic rings. The summed E-state index contributed by atoms with van der Waals surface area (Å²) in [4.78, 5) is 29.1. The second kappa shape index (κ2) is 7.97. The van der Waals surface area contributed by atoms with Gasteiger partial charge >= 0.3 is 5.97 Å². The minimum atomic E-state index is -0.335. The fourth-order valence-corrected chi connectivity index (χ4v) is 2.62. The molecule has 0 aliphatic carbocycles. The van der Waals surface area contributed by atoms with Crippen molar-refractivity contribution in [2.24, 2.45) is 0 Å². The van der Waals surface area contributed by atoms with Crippen LogP contribution in [0.5, 0.6) is 0 Å². The molecule has 0 unspecified atom stereocenters. The minimum Gasteiger partial charge on any atom is -0.469 e. The average molecular weight is 332 g/mol. The molecule has 0 aliphatic rings. The number of carbonyl (C=O) groups excluding carboxylic acids is 2. The van der Waals surface area contributed by atoms with Crippen LogP contribution in [0.2, 0.25) is 0 Å². The predicted molar refractivity (Wildman–Crippen MR) is 92.2 cm³/mol. The van der Waals surface area contributed by atoms with Gasteiger partial charge in [0.15, 0.2) is 0 Å². The van der Waals surface area contributed by atoms with Crippen molar-refractivity contribution < 1.29 is 19.1 Å². The van der Waals surface area contributed by atoms with Gasteiger partial charge in [-0.15, -0.1) is 0 Å². The van der Waals surface area contributed by atoms with E-state index in [1.165, 1.54) is 7.11 Å². The van der Waals surface area contributed by atoms with E-state index in [1.807, 2.05) is 26.0 Å². The van der Waals surface area contributed by atoms with Crippen LogP contribution in [-0.4, -0.2) is 55.7 Å². The highest BCUT2D eigenvalue weighted by Crippen LogP contribution is 2.23. The maximum Gasteiger partial charge on any atom is 0.307 e. The van der Waals surface area contributed by atoms with Gasteiger partial charge in [-0.05, 0) is 37.6 Å². The normalized spacial score (nSPS) is 10.8. The van der Waals surface area contributed by atoms with Gasteiger partial charge in [0.25, 0.3) is 5.91 Å². The van der Waals surface area contributed by atoms with Crippen molar-refractivity contribution in [2.75, 3.05) is 33.9 Å². The zero-order valence-corrected chi connectivity index (χ0v) is 14.6. The molecular weight excluding hydrogens is 308 g/mol. The van der Waals surface area contributed by atoms with E-state index < -0.39 is 0 Å². The van der Waals surface area contributed by atoms with Crippen molar-refractivity contribution in [3.63, 3.8) is 0 Å². The van der Waals surface area contributed by atoms with Crippen LogP contribution in [0.15, 0.2) is 18.2 Å². The van der Waals surface area contributed by atoms with Crippen molar-refractivity contribution in [1.82, 2.24) is 9.88 Å². The van der Waals surface area contributed by atoms with Crippen molar-refractivity contribution in [2.45, 2.75) is 20.3 Å². The minimum absolute atomic E-state index is 0.115. The molecule has 1 amide bonds. The summed E-state index contributed by atoms with van der Waals surface area (Å²) in [6.07, 6.45) is 0.163. The van der Waals surface area contributed by atoms with E-state index in [4.69, 9.17) is 4.74 Å². The first kappa shape index (κ1) is 18.0. The summed E-state index contributed by atoms with van der Waals surface area (Å²) < 4.78 is 9.72. The van der Waals surface area contributed by atoms with Crippen LogP contribution >= 0.6 is 0 Å². The van der Waals surface area contributed by atoms with Gasteiger partial charge in [0.05, 0.1) is 20.1 Å². The van der Waals surface area contributed by atoms with E-state index in [2.05, 4.69) is 9.72 Å². The number of aromatic nitrogens is 1. The number of hydrogen-bond donors (Lipinski definition) is 1. The summed E-state index contributed by atoms with van der Waals surface area (Å²) in [7, 11) is 2.93. The third-order valence-electron chi connectivity index (χ3n) is 4.22. The van der Waals surface area contributed by atoms with Crippen LogP contribution in [0.4, 0.5) is 0 Å². The van der Waals surface area contributed by atoms with Crippen LogP contribution in [0.3, 0.4) is 0 Å². The molecule has 24 heavy (non-hydrogen) atoms. The zero-order valence-electron chi connectivity index (χ0n) is 14.6. The van der Waals surface area contributed by atoms with Crippen molar-refractivity contribution >= 4 is 22.8 Å². The van der Waals surface area contributed by atoms with E-state index in [-0.39, 0.29) is 18.3 Å². The number of amides is 1. The molecule has 0 radical (unpaired) electrons. The number of rotatable bonds is 7. The number of fused-ring (bicyclic) bond motifs is 1. The molecular formula is C18H24N2O4. The smallest absolute Gasteiger partial charge is 0.307 e. The van der Waals surface area contributed by atoms with E-state index in [9.17, 15) is 9.59 Å². The molecule has 130 valence electrons. The van der Waals surface area contributed by atoms with Gasteiger partial charge in [0.1, 0.15) is 0 Å². The van der Waals surface area contributed by atoms with Gasteiger partial charge in [-0.1, -0.05) is 0 Å². The second-order valence-electron chi connectivity index (χ2n) is 5.75. The first-order chi connectivity index (χ1) is 11.5. The summed E-state index contributed by atoms with van der Waals surface area (Å²) in [6.45, 7) is 5.19. The Hall–Kier alpha value is -2.34. The molecule has 0 saturated carbocycles. The van der Waals surface area contributed by atoms with Gasteiger partial charge in [0, 0.05) is 42.4 Å². The second-order valence-corrected chi connectivity index (χ2v) is 5.75. The molecule has 0 aliphatic heterocycles. The summed E-state index contributed by atoms with van der Waals surface area (Å²) in [6, 6.07) is 5.61. The monoisotopic (exact) mass is 332 g/mol. The van der Waals surface area contributed by atoms with Crippen molar-refractivity contribution in [3.8, 4) is 0 Å². The molecule has 0 saturated heterocycles. The van der Waals surface area contributed by atoms with Crippen LogP contribution in [0.25, 0.3) is 10.9 Å². The Morgan fingerprint density at radius 1 is 1.17 bits per heavy atom. The Morgan fingerprint density at radius 3 is 2.58 bits per heavy atom. The van der Waals surface area contributed by atoms with E-state index in [0.29, 0.717) is 25.3 Å².